The topological polar surface area (TPSA) is 114 Å². The van der Waals surface area contributed by atoms with Gasteiger partial charge in [0.2, 0.25) is 11.8 Å². The Bertz CT molecular complexity index is 951. The highest BCUT2D eigenvalue weighted by Crippen LogP contribution is 2.65. The smallest absolute Gasteiger partial charge is 0.312 e. The minimum absolute atomic E-state index is 0.00360. The van der Waals surface area contributed by atoms with Gasteiger partial charge in [-0.05, 0) is 63.3 Å². The van der Waals surface area contributed by atoms with Crippen LogP contribution in [0.5, 0.6) is 5.75 Å². The molecule has 3 aliphatic heterocycles. The third-order valence-electron chi connectivity index (χ3n) is 7.77. The van der Waals surface area contributed by atoms with Crippen molar-refractivity contribution in [3.05, 3.63) is 24.3 Å². The third-order valence-corrected chi connectivity index (χ3v) is 7.77. The van der Waals surface area contributed by atoms with Crippen LogP contribution in [0.3, 0.4) is 0 Å². The number of nitrogens with zero attached hydrogens (tertiary/aromatic N) is 1. The van der Waals surface area contributed by atoms with E-state index in [4.69, 9.17) is 14.2 Å². The van der Waals surface area contributed by atoms with Crippen molar-refractivity contribution in [1.29, 1.82) is 0 Å². The van der Waals surface area contributed by atoms with Gasteiger partial charge in [-0.25, -0.2) is 0 Å². The molecule has 0 radical (unpaired) electrons. The van der Waals surface area contributed by atoms with Crippen molar-refractivity contribution in [2.75, 3.05) is 32.2 Å². The van der Waals surface area contributed by atoms with E-state index in [2.05, 4.69) is 5.32 Å². The van der Waals surface area contributed by atoms with Gasteiger partial charge in [0.1, 0.15) is 23.3 Å². The summed E-state index contributed by atoms with van der Waals surface area (Å²) in [6, 6.07) is 6.06. The van der Waals surface area contributed by atoms with Crippen LogP contribution in [-0.4, -0.2) is 71.9 Å². The lowest BCUT2D eigenvalue weighted by Crippen LogP contribution is -2.54. The van der Waals surface area contributed by atoms with E-state index >= 15 is 0 Å². The molecule has 6 atom stereocenters. The molecule has 0 aliphatic carbocycles. The number of benzene rings is 1. The molecular formula is C25H34N2O7. The third kappa shape index (κ3) is 3.65. The minimum atomic E-state index is -1.11. The Morgan fingerprint density at radius 3 is 2.59 bits per heavy atom. The first-order valence-electron chi connectivity index (χ1n) is 12.0. The van der Waals surface area contributed by atoms with E-state index in [1.54, 1.807) is 43.2 Å². The first kappa shape index (κ1) is 24.5. The molecule has 3 unspecified atom stereocenters. The molecule has 9 nitrogen and oxygen atoms in total. The van der Waals surface area contributed by atoms with Crippen LogP contribution in [0.2, 0.25) is 0 Å². The molecule has 186 valence electrons. The van der Waals surface area contributed by atoms with Gasteiger partial charge in [-0.15, -0.1) is 0 Å². The molecule has 4 rings (SSSR count). The molecule has 0 saturated carbocycles. The van der Waals surface area contributed by atoms with Gasteiger partial charge < -0.3 is 29.5 Å². The number of nitrogens with one attached hydrogen (secondary N) is 1. The Balaban J connectivity index is 1.71. The second-order valence-corrected chi connectivity index (χ2v) is 9.64. The van der Waals surface area contributed by atoms with Gasteiger partial charge in [0, 0.05) is 18.8 Å². The SMILES string of the molecule is CCOC(=O)[C@H]1[C@H]2C(=O)N(CCCCO)C(C(=O)Nc3ccc(OC)cc3)C23CC(C)[C@]1(C)O3. The zero-order valence-corrected chi connectivity index (χ0v) is 20.2. The summed E-state index contributed by atoms with van der Waals surface area (Å²) in [5.41, 5.74) is -1.43. The number of carbonyl (C=O) groups is 3. The maximum Gasteiger partial charge on any atom is 0.312 e. The van der Waals surface area contributed by atoms with Crippen molar-refractivity contribution in [1.82, 2.24) is 4.90 Å². The molecule has 2 amide bonds. The summed E-state index contributed by atoms with van der Waals surface area (Å²) in [4.78, 5) is 42.1. The van der Waals surface area contributed by atoms with Crippen LogP contribution in [0.4, 0.5) is 5.69 Å². The number of hydrogen-bond acceptors (Lipinski definition) is 7. The molecule has 3 aliphatic rings. The number of likely N-dealkylation sites (tertiary alicyclic amines) is 1. The predicted molar refractivity (Wildman–Crippen MR) is 123 cm³/mol. The van der Waals surface area contributed by atoms with Gasteiger partial charge >= 0.3 is 5.97 Å². The number of fused-ring (bicyclic) bond motifs is 1. The van der Waals surface area contributed by atoms with Crippen LogP contribution in [0.1, 0.15) is 40.0 Å². The zero-order chi connectivity index (χ0) is 24.7. The minimum Gasteiger partial charge on any atom is -0.497 e. The Hall–Kier alpha value is -2.65. The van der Waals surface area contributed by atoms with E-state index < -0.39 is 35.0 Å². The highest BCUT2D eigenvalue weighted by Gasteiger charge is 2.80. The number of carbonyl (C=O) groups excluding carboxylic acids is 3. The van der Waals surface area contributed by atoms with Gasteiger partial charge in [-0.1, -0.05) is 6.92 Å². The van der Waals surface area contributed by atoms with Crippen molar-refractivity contribution in [2.45, 2.75) is 57.3 Å². The van der Waals surface area contributed by atoms with Crippen LogP contribution in [0.25, 0.3) is 0 Å². The zero-order valence-electron chi connectivity index (χ0n) is 20.2. The highest BCUT2D eigenvalue weighted by atomic mass is 16.6. The van der Waals surface area contributed by atoms with Gasteiger partial charge in [0.05, 0.1) is 25.2 Å². The number of amides is 2. The van der Waals surface area contributed by atoms with Crippen molar-refractivity contribution in [2.24, 2.45) is 17.8 Å². The maximum atomic E-state index is 13.8. The summed E-state index contributed by atoms with van der Waals surface area (Å²) in [6.45, 7) is 6.08. The Morgan fingerprint density at radius 2 is 1.97 bits per heavy atom. The van der Waals surface area contributed by atoms with Gasteiger partial charge in [0.25, 0.3) is 0 Å². The number of aliphatic hydroxyl groups excluding tert-OH is 1. The molecule has 1 aromatic carbocycles. The molecule has 3 fully saturated rings. The average Bonchev–Trinajstić information content (AvgIpc) is 3.31. The quantitative estimate of drug-likeness (QED) is 0.415. The molecule has 3 heterocycles. The molecular weight excluding hydrogens is 440 g/mol. The van der Waals surface area contributed by atoms with Crippen molar-refractivity contribution >= 4 is 23.5 Å². The number of rotatable bonds is 9. The lowest BCUT2D eigenvalue weighted by atomic mass is 9.62. The number of ether oxygens (including phenoxy) is 3. The Labute approximate surface area is 199 Å². The number of anilines is 1. The molecule has 2 bridgehead atoms. The molecule has 3 saturated heterocycles. The Morgan fingerprint density at radius 1 is 1.26 bits per heavy atom. The summed E-state index contributed by atoms with van der Waals surface area (Å²) in [6.07, 6.45) is 1.53. The molecule has 1 aromatic rings. The largest absolute Gasteiger partial charge is 0.497 e. The second-order valence-electron chi connectivity index (χ2n) is 9.64. The molecule has 34 heavy (non-hydrogen) atoms. The number of aliphatic hydroxyl groups is 1. The van der Waals surface area contributed by atoms with E-state index in [1.807, 2.05) is 13.8 Å². The van der Waals surface area contributed by atoms with Gasteiger partial charge in [-0.3, -0.25) is 14.4 Å². The van der Waals surface area contributed by atoms with E-state index in [9.17, 15) is 19.5 Å². The summed E-state index contributed by atoms with van der Waals surface area (Å²) in [5, 5.41) is 12.2. The van der Waals surface area contributed by atoms with E-state index in [-0.39, 0.29) is 30.9 Å². The molecule has 1 spiro atoms. The van der Waals surface area contributed by atoms with Crippen LogP contribution in [-0.2, 0) is 23.9 Å². The fourth-order valence-corrected chi connectivity index (χ4v) is 6.15. The number of esters is 1. The summed E-state index contributed by atoms with van der Waals surface area (Å²) >= 11 is 0. The van der Waals surface area contributed by atoms with E-state index in [1.165, 1.54) is 0 Å². The number of hydrogen-bond donors (Lipinski definition) is 2. The lowest BCUT2D eigenvalue weighted by Gasteiger charge is -2.35. The van der Waals surface area contributed by atoms with Crippen LogP contribution in [0.15, 0.2) is 24.3 Å². The fourth-order valence-electron chi connectivity index (χ4n) is 6.15. The van der Waals surface area contributed by atoms with Crippen LogP contribution in [0, 0.1) is 17.8 Å². The predicted octanol–water partition coefficient (Wildman–Crippen LogP) is 1.98. The van der Waals surface area contributed by atoms with Crippen molar-refractivity contribution in [3.8, 4) is 5.75 Å². The lowest BCUT2D eigenvalue weighted by molar-refractivity contribution is -0.160. The van der Waals surface area contributed by atoms with E-state index in [0.29, 0.717) is 37.2 Å². The van der Waals surface area contributed by atoms with Crippen LogP contribution < -0.4 is 10.1 Å². The highest BCUT2D eigenvalue weighted by molar-refractivity contribution is 6.03. The normalized spacial score (nSPS) is 33.7. The molecule has 2 N–H and O–H groups in total. The van der Waals surface area contributed by atoms with Crippen LogP contribution >= 0.6 is 0 Å². The maximum absolute atomic E-state index is 13.8. The Kier molecular flexibility index (Phi) is 6.61. The summed E-state index contributed by atoms with van der Waals surface area (Å²) < 4.78 is 17.1. The standard InChI is InChI=1S/C25H34N2O7/c1-5-33-23(31)19-18-22(30)27(12-6-7-13-28)20(25(18)14-15(2)24(19,3)34-25)21(29)26-16-8-10-17(32-4)11-9-16/h8-11,15,18-20,28H,5-7,12-14H2,1-4H3,(H,26,29)/t15?,18-,19+,20?,24-,25?/m0/s1. The monoisotopic (exact) mass is 474 g/mol. The summed E-state index contributed by atoms with van der Waals surface area (Å²) in [7, 11) is 1.57. The number of methoxy groups -OCH3 is 1. The first-order chi connectivity index (χ1) is 16.2. The fraction of sp³-hybridized carbons (Fsp3) is 0.640. The molecule has 0 aromatic heterocycles. The average molecular weight is 475 g/mol. The van der Waals surface area contributed by atoms with Crippen molar-refractivity contribution in [3.63, 3.8) is 0 Å². The van der Waals surface area contributed by atoms with Gasteiger partial charge in [0.15, 0.2) is 0 Å². The first-order valence-corrected chi connectivity index (χ1v) is 12.0. The van der Waals surface area contributed by atoms with Gasteiger partial charge in [-0.2, -0.15) is 0 Å². The second kappa shape index (κ2) is 9.19. The molecule has 9 heteroatoms. The van der Waals surface area contributed by atoms with Crippen molar-refractivity contribution < 1.29 is 33.7 Å². The summed E-state index contributed by atoms with van der Waals surface area (Å²) in [5.74, 6) is -2.01. The van der Waals surface area contributed by atoms with E-state index in [0.717, 1.165) is 0 Å². The number of unbranched alkanes of at least 4 members (excludes halogenated alkanes) is 1.